The molecule has 16 heavy (non-hydrogen) atoms. The van der Waals surface area contributed by atoms with Gasteiger partial charge in [0.1, 0.15) is 0 Å². The Balaban J connectivity index is 2.50. The molecule has 0 fully saturated rings. The van der Waals surface area contributed by atoms with E-state index in [1.54, 1.807) is 0 Å². The van der Waals surface area contributed by atoms with Crippen LogP contribution in [0, 0.1) is 17.2 Å². The molecule has 0 amide bonds. The van der Waals surface area contributed by atoms with E-state index in [0.717, 1.165) is 24.6 Å². The molecule has 0 bridgehead atoms. The van der Waals surface area contributed by atoms with E-state index < -0.39 is 0 Å². The Hall–Kier alpha value is -1.33. The van der Waals surface area contributed by atoms with Crippen LogP contribution in [-0.2, 0) is 6.54 Å². The van der Waals surface area contributed by atoms with Crippen LogP contribution in [0.15, 0.2) is 24.3 Å². The highest BCUT2D eigenvalue weighted by Gasteiger charge is 2.04. The maximum Gasteiger partial charge on any atom is 0.0991 e. The summed E-state index contributed by atoms with van der Waals surface area (Å²) in [6.45, 7) is 6.57. The minimum Gasteiger partial charge on any atom is -0.302 e. The molecule has 1 aromatic carbocycles. The lowest BCUT2D eigenvalue weighted by Gasteiger charge is -2.20. The van der Waals surface area contributed by atoms with E-state index in [1.165, 1.54) is 12.0 Å². The third-order valence-corrected chi connectivity index (χ3v) is 2.86. The lowest BCUT2D eigenvalue weighted by atomic mass is 10.1. The van der Waals surface area contributed by atoms with Gasteiger partial charge in [-0.2, -0.15) is 5.26 Å². The molecule has 0 N–H and O–H groups in total. The van der Waals surface area contributed by atoms with Crippen LogP contribution in [-0.4, -0.2) is 18.5 Å². The van der Waals surface area contributed by atoms with Gasteiger partial charge >= 0.3 is 0 Å². The molecule has 0 aromatic heterocycles. The van der Waals surface area contributed by atoms with Gasteiger partial charge in [0.25, 0.3) is 0 Å². The second kappa shape index (κ2) is 6.30. The molecule has 1 aromatic rings. The second-order valence-electron chi connectivity index (χ2n) is 4.52. The number of hydrogen-bond acceptors (Lipinski definition) is 2. The van der Waals surface area contributed by atoms with Gasteiger partial charge in [-0.15, -0.1) is 0 Å². The highest BCUT2D eigenvalue weighted by molar-refractivity contribution is 5.31. The predicted molar refractivity (Wildman–Crippen MR) is 66.9 cm³/mol. The van der Waals surface area contributed by atoms with Crippen molar-refractivity contribution in [2.75, 3.05) is 13.6 Å². The van der Waals surface area contributed by atoms with Crippen LogP contribution in [0.3, 0.4) is 0 Å². The number of nitriles is 1. The first-order chi connectivity index (χ1) is 7.65. The summed E-state index contributed by atoms with van der Waals surface area (Å²) in [6, 6.07) is 9.96. The molecule has 0 saturated heterocycles. The van der Waals surface area contributed by atoms with Crippen molar-refractivity contribution in [2.45, 2.75) is 26.8 Å². The molecule has 1 rings (SSSR count). The quantitative estimate of drug-likeness (QED) is 0.756. The summed E-state index contributed by atoms with van der Waals surface area (Å²) in [6.07, 6.45) is 1.22. The smallest absolute Gasteiger partial charge is 0.0991 e. The zero-order valence-electron chi connectivity index (χ0n) is 10.4. The van der Waals surface area contributed by atoms with Gasteiger partial charge in [-0.3, -0.25) is 0 Å². The molecule has 1 atom stereocenters. The van der Waals surface area contributed by atoms with Crippen molar-refractivity contribution in [3.63, 3.8) is 0 Å². The maximum atomic E-state index is 8.70. The monoisotopic (exact) mass is 216 g/mol. The fourth-order valence-corrected chi connectivity index (χ4v) is 1.72. The van der Waals surface area contributed by atoms with Crippen LogP contribution in [0.5, 0.6) is 0 Å². The molecular formula is C14H20N2. The van der Waals surface area contributed by atoms with Crippen molar-refractivity contribution >= 4 is 0 Å². The number of rotatable bonds is 5. The molecule has 86 valence electrons. The first-order valence-electron chi connectivity index (χ1n) is 5.83. The Bertz CT molecular complexity index is 348. The average Bonchev–Trinajstić information content (AvgIpc) is 2.29. The van der Waals surface area contributed by atoms with Crippen LogP contribution >= 0.6 is 0 Å². The summed E-state index contributed by atoms with van der Waals surface area (Å²) in [5, 5.41) is 8.70. The van der Waals surface area contributed by atoms with E-state index in [0.29, 0.717) is 0 Å². The van der Waals surface area contributed by atoms with Crippen molar-refractivity contribution in [2.24, 2.45) is 5.92 Å². The van der Waals surface area contributed by atoms with Gasteiger partial charge in [0.2, 0.25) is 0 Å². The molecule has 0 aliphatic carbocycles. The predicted octanol–water partition coefficient (Wildman–Crippen LogP) is 3.04. The van der Waals surface area contributed by atoms with Crippen LogP contribution in [0.1, 0.15) is 31.4 Å². The van der Waals surface area contributed by atoms with E-state index in [-0.39, 0.29) is 0 Å². The summed E-state index contributed by atoms with van der Waals surface area (Å²) in [5.74, 6) is 0.739. The number of hydrogen-bond donors (Lipinski definition) is 0. The summed E-state index contributed by atoms with van der Waals surface area (Å²) in [7, 11) is 2.14. The Labute approximate surface area is 98.5 Å². The first-order valence-corrected chi connectivity index (χ1v) is 5.83. The number of benzene rings is 1. The van der Waals surface area contributed by atoms with E-state index in [1.807, 2.05) is 24.3 Å². The third-order valence-electron chi connectivity index (χ3n) is 2.86. The Kier molecular flexibility index (Phi) is 5.01. The fourth-order valence-electron chi connectivity index (χ4n) is 1.72. The summed E-state index contributed by atoms with van der Waals surface area (Å²) in [4.78, 5) is 2.33. The van der Waals surface area contributed by atoms with Gasteiger partial charge in [0.15, 0.2) is 0 Å². The van der Waals surface area contributed by atoms with Gasteiger partial charge in [-0.05, 0) is 30.7 Å². The van der Waals surface area contributed by atoms with E-state index in [2.05, 4.69) is 31.9 Å². The topological polar surface area (TPSA) is 27.0 Å². The summed E-state index contributed by atoms with van der Waals surface area (Å²) < 4.78 is 0. The zero-order chi connectivity index (χ0) is 12.0. The lowest BCUT2D eigenvalue weighted by Crippen LogP contribution is -2.23. The van der Waals surface area contributed by atoms with Crippen molar-refractivity contribution in [1.82, 2.24) is 4.90 Å². The molecule has 2 nitrogen and oxygen atoms in total. The standard InChI is InChI=1S/C14H20N2/c1-4-12(2)10-16(3)11-14-7-5-13(9-15)6-8-14/h5-8,12H,4,10-11H2,1-3H3. The molecule has 0 aliphatic rings. The van der Waals surface area contributed by atoms with Crippen molar-refractivity contribution < 1.29 is 0 Å². The molecular weight excluding hydrogens is 196 g/mol. The Morgan fingerprint density at radius 3 is 2.44 bits per heavy atom. The average molecular weight is 216 g/mol. The molecule has 0 aliphatic heterocycles. The SMILES string of the molecule is CCC(C)CN(C)Cc1ccc(C#N)cc1. The van der Waals surface area contributed by atoms with Gasteiger partial charge in [0.05, 0.1) is 11.6 Å². The normalized spacial score (nSPS) is 12.4. The van der Waals surface area contributed by atoms with Crippen LogP contribution < -0.4 is 0 Å². The number of nitrogens with zero attached hydrogens (tertiary/aromatic N) is 2. The molecule has 0 spiro atoms. The van der Waals surface area contributed by atoms with Crippen molar-refractivity contribution in [1.29, 1.82) is 5.26 Å². The van der Waals surface area contributed by atoms with Crippen LogP contribution in [0.2, 0.25) is 0 Å². The molecule has 0 heterocycles. The minimum absolute atomic E-state index is 0.730. The van der Waals surface area contributed by atoms with Gasteiger partial charge in [-0.25, -0.2) is 0 Å². The first kappa shape index (κ1) is 12.7. The van der Waals surface area contributed by atoms with Crippen molar-refractivity contribution in [3.05, 3.63) is 35.4 Å². The van der Waals surface area contributed by atoms with E-state index in [4.69, 9.17) is 5.26 Å². The third kappa shape index (κ3) is 4.04. The summed E-state index contributed by atoms with van der Waals surface area (Å²) in [5.41, 5.74) is 2.00. The largest absolute Gasteiger partial charge is 0.302 e. The molecule has 0 radical (unpaired) electrons. The molecule has 0 saturated carbocycles. The van der Waals surface area contributed by atoms with Gasteiger partial charge < -0.3 is 4.90 Å². The highest BCUT2D eigenvalue weighted by Crippen LogP contribution is 2.09. The van der Waals surface area contributed by atoms with E-state index >= 15 is 0 Å². The minimum atomic E-state index is 0.730. The Morgan fingerprint density at radius 2 is 1.94 bits per heavy atom. The zero-order valence-corrected chi connectivity index (χ0v) is 10.4. The van der Waals surface area contributed by atoms with Gasteiger partial charge in [-0.1, -0.05) is 32.4 Å². The fraction of sp³-hybridized carbons (Fsp3) is 0.500. The maximum absolute atomic E-state index is 8.70. The summed E-state index contributed by atoms with van der Waals surface area (Å²) >= 11 is 0. The van der Waals surface area contributed by atoms with Gasteiger partial charge in [0, 0.05) is 13.1 Å². The molecule has 1 unspecified atom stereocenters. The van der Waals surface area contributed by atoms with Crippen LogP contribution in [0.4, 0.5) is 0 Å². The highest BCUT2D eigenvalue weighted by atomic mass is 15.1. The molecule has 2 heteroatoms. The van der Waals surface area contributed by atoms with Crippen LogP contribution in [0.25, 0.3) is 0 Å². The van der Waals surface area contributed by atoms with E-state index in [9.17, 15) is 0 Å². The second-order valence-corrected chi connectivity index (χ2v) is 4.52. The lowest BCUT2D eigenvalue weighted by molar-refractivity contribution is 0.275. The Morgan fingerprint density at radius 1 is 1.31 bits per heavy atom. The van der Waals surface area contributed by atoms with Crippen molar-refractivity contribution in [3.8, 4) is 6.07 Å².